The average Bonchev–Trinajstić information content (AvgIpc) is 3.24. The molecule has 0 unspecified atom stereocenters. The van der Waals surface area contributed by atoms with Crippen molar-refractivity contribution >= 4 is 17.2 Å². The van der Waals surface area contributed by atoms with Crippen molar-refractivity contribution in [3.05, 3.63) is 57.8 Å². The zero-order valence-corrected chi connectivity index (χ0v) is 14.4. The minimum Gasteiger partial charge on any atom is -0.492 e. The van der Waals surface area contributed by atoms with Crippen molar-refractivity contribution in [2.45, 2.75) is 13.5 Å². The standard InChI is InChI=1S/C16H17N5O3S/c1-12-4-6-13(7-5-12)24-9-8-17-14(22)11-20-16(23)21(19-18-20)15-3-2-10-25-15/h2-7,10H,8-9,11H2,1H3,(H,17,22). The molecular formula is C16H17N5O3S. The second kappa shape index (κ2) is 7.75. The van der Waals surface area contributed by atoms with Crippen molar-refractivity contribution in [3.63, 3.8) is 0 Å². The number of thiophene rings is 1. The molecule has 9 heteroatoms. The first-order chi connectivity index (χ1) is 12.1. The SMILES string of the molecule is Cc1ccc(OCCNC(=O)Cn2nnn(-c3cccs3)c2=O)cc1. The van der Waals surface area contributed by atoms with E-state index in [2.05, 4.69) is 15.7 Å². The summed E-state index contributed by atoms with van der Waals surface area (Å²) >= 11 is 1.37. The van der Waals surface area contributed by atoms with Crippen LogP contribution in [0.1, 0.15) is 5.56 Å². The molecule has 0 aliphatic rings. The normalized spacial score (nSPS) is 10.6. The number of aryl methyl sites for hydroxylation is 1. The zero-order chi connectivity index (χ0) is 17.6. The van der Waals surface area contributed by atoms with Gasteiger partial charge in [-0.15, -0.1) is 11.3 Å². The van der Waals surface area contributed by atoms with Crippen LogP contribution in [0, 0.1) is 6.92 Å². The van der Waals surface area contributed by atoms with Crippen LogP contribution >= 0.6 is 11.3 Å². The fraction of sp³-hybridized carbons (Fsp3) is 0.250. The fourth-order valence-electron chi connectivity index (χ4n) is 2.09. The quantitative estimate of drug-likeness (QED) is 0.636. The van der Waals surface area contributed by atoms with Crippen LogP contribution in [0.5, 0.6) is 5.75 Å². The average molecular weight is 359 g/mol. The number of ether oxygens (including phenoxy) is 1. The van der Waals surface area contributed by atoms with Crippen molar-refractivity contribution in [2.75, 3.05) is 13.2 Å². The van der Waals surface area contributed by atoms with E-state index in [0.717, 1.165) is 16.0 Å². The molecule has 0 fully saturated rings. The summed E-state index contributed by atoms with van der Waals surface area (Å²) in [5.74, 6) is 0.419. The molecule has 2 heterocycles. The third kappa shape index (κ3) is 4.32. The molecule has 1 amide bonds. The Kier molecular flexibility index (Phi) is 5.24. The van der Waals surface area contributed by atoms with Gasteiger partial charge in [0, 0.05) is 0 Å². The highest BCUT2D eigenvalue weighted by Crippen LogP contribution is 2.11. The number of tetrazole rings is 1. The molecule has 1 N–H and O–H groups in total. The lowest BCUT2D eigenvalue weighted by Gasteiger charge is -2.07. The van der Waals surface area contributed by atoms with Gasteiger partial charge in [0.15, 0.2) is 0 Å². The molecule has 3 aromatic rings. The van der Waals surface area contributed by atoms with Gasteiger partial charge in [-0.05, 0) is 47.0 Å². The van der Waals surface area contributed by atoms with E-state index >= 15 is 0 Å². The van der Waals surface area contributed by atoms with Crippen LogP contribution in [0.25, 0.3) is 5.00 Å². The summed E-state index contributed by atoms with van der Waals surface area (Å²) in [4.78, 5) is 24.1. The summed E-state index contributed by atoms with van der Waals surface area (Å²) in [7, 11) is 0. The first kappa shape index (κ1) is 16.9. The van der Waals surface area contributed by atoms with Crippen molar-refractivity contribution in [3.8, 4) is 10.8 Å². The van der Waals surface area contributed by atoms with Crippen molar-refractivity contribution in [1.29, 1.82) is 0 Å². The third-order valence-electron chi connectivity index (χ3n) is 3.36. The van der Waals surface area contributed by atoms with Crippen LogP contribution in [-0.2, 0) is 11.3 Å². The minimum atomic E-state index is -0.450. The molecule has 8 nitrogen and oxygen atoms in total. The van der Waals surface area contributed by atoms with E-state index in [-0.39, 0.29) is 12.5 Å². The van der Waals surface area contributed by atoms with Gasteiger partial charge in [0.25, 0.3) is 0 Å². The lowest BCUT2D eigenvalue weighted by Crippen LogP contribution is -2.35. The zero-order valence-electron chi connectivity index (χ0n) is 13.6. The Labute approximate surface area is 147 Å². The molecule has 0 aliphatic carbocycles. The van der Waals surface area contributed by atoms with Crippen LogP contribution in [0.4, 0.5) is 0 Å². The van der Waals surface area contributed by atoms with E-state index in [1.807, 2.05) is 42.6 Å². The largest absolute Gasteiger partial charge is 0.492 e. The summed E-state index contributed by atoms with van der Waals surface area (Å²) in [6.07, 6.45) is 0. The van der Waals surface area contributed by atoms with Crippen LogP contribution in [0.3, 0.4) is 0 Å². The number of amides is 1. The maximum atomic E-state index is 12.1. The smallest absolute Gasteiger partial charge is 0.369 e. The lowest BCUT2D eigenvalue weighted by atomic mass is 10.2. The molecular weight excluding hydrogens is 342 g/mol. The van der Waals surface area contributed by atoms with Gasteiger partial charge in [-0.1, -0.05) is 17.7 Å². The Bertz CT molecular complexity index is 883. The molecule has 0 radical (unpaired) electrons. The number of benzene rings is 1. The molecule has 130 valence electrons. The first-order valence-corrected chi connectivity index (χ1v) is 8.54. The highest BCUT2D eigenvalue weighted by molar-refractivity contribution is 7.12. The Balaban J connectivity index is 1.47. The first-order valence-electron chi connectivity index (χ1n) is 7.66. The fourth-order valence-corrected chi connectivity index (χ4v) is 2.76. The Morgan fingerprint density at radius 1 is 1.24 bits per heavy atom. The van der Waals surface area contributed by atoms with Crippen LogP contribution in [0.2, 0.25) is 0 Å². The number of aromatic nitrogens is 4. The van der Waals surface area contributed by atoms with Crippen LogP contribution in [-0.4, -0.2) is 38.8 Å². The highest BCUT2D eigenvalue weighted by atomic mass is 32.1. The van der Waals surface area contributed by atoms with Gasteiger partial charge in [0.05, 0.1) is 6.54 Å². The molecule has 0 saturated heterocycles. The van der Waals surface area contributed by atoms with E-state index in [9.17, 15) is 9.59 Å². The van der Waals surface area contributed by atoms with Gasteiger partial charge >= 0.3 is 5.69 Å². The maximum absolute atomic E-state index is 12.1. The van der Waals surface area contributed by atoms with Gasteiger partial charge < -0.3 is 10.1 Å². The molecule has 2 aromatic heterocycles. The maximum Gasteiger partial charge on any atom is 0.369 e. The molecule has 3 rings (SSSR count). The van der Waals surface area contributed by atoms with E-state index in [1.54, 1.807) is 6.07 Å². The Hall–Kier alpha value is -2.94. The molecule has 0 saturated carbocycles. The van der Waals surface area contributed by atoms with E-state index in [1.165, 1.54) is 16.0 Å². The number of hydrogen-bond donors (Lipinski definition) is 1. The summed E-state index contributed by atoms with van der Waals surface area (Å²) < 4.78 is 7.71. The Morgan fingerprint density at radius 2 is 2.04 bits per heavy atom. The summed E-state index contributed by atoms with van der Waals surface area (Å²) in [6, 6.07) is 11.2. The number of carbonyl (C=O) groups excluding carboxylic acids is 1. The van der Waals surface area contributed by atoms with Gasteiger partial charge in [0.1, 0.15) is 23.9 Å². The highest BCUT2D eigenvalue weighted by Gasteiger charge is 2.12. The minimum absolute atomic E-state index is 0.186. The van der Waals surface area contributed by atoms with Crippen molar-refractivity contribution < 1.29 is 9.53 Å². The third-order valence-corrected chi connectivity index (χ3v) is 4.21. The lowest BCUT2D eigenvalue weighted by molar-refractivity contribution is -0.122. The van der Waals surface area contributed by atoms with Gasteiger partial charge in [0.2, 0.25) is 5.91 Å². The number of carbonyl (C=O) groups is 1. The second-order valence-electron chi connectivity index (χ2n) is 5.29. The number of nitrogens with zero attached hydrogens (tertiary/aromatic N) is 4. The predicted octanol–water partition coefficient (Wildman–Crippen LogP) is 0.994. The topological polar surface area (TPSA) is 91.0 Å². The Morgan fingerprint density at radius 3 is 2.76 bits per heavy atom. The molecule has 25 heavy (non-hydrogen) atoms. The molecule has 0 bridgehead atoms. The predicted molar refractivity (Wildman–Crippen MR) is 93.2 cm³/mol. The number of nitrogens with one attached hydrogen (secondary N) is 1. The van der Waals surface area contributed by atoms with Gasteiger partial charge in [-0.2, -0.15) is 9.36 Å². The van der Waals surface area contributed by atoms with E-state index in [4.69, 9.17) is 4.74 Å². The van der Waals surface area contributed by atoms with E-state index in [0.29, 0.717) is 18.2 Å². The van der Waals surface area contributed by atoms with Crippen LogP contribution in [0.15, 0.2) is 46.6 Å². The summed E-state index contributed by atoms with van der Waals surface area (Å²) in [6.45, 7) is 2.49. The summed E-state index contributed by atoms with van der Waals surface area (Å²) in [5, 5.41) is 12.7. The van der Waals surface area contributed by atoms with Crippen molar-refractivity contribution in [1.82, 2.24) is 25.1 Å². The second-order valence-corrected chi connectivity index (χ2v) is 6.22. The number of rotatable bonds is 7. The molecule has 0 aliphatic heterocycles. The van der Waals surface area contributed by atoms with E-state index < -0.39 is 5.69 Å². The van der Waals surface area contributed by atoms with Crippen LogP contribution < -0.4 is 15.7 Å². The van der Waals surface area contributed by atoms with Gasteiger partial charge in [-0.3, -0.25) is 4.79 Å². The summed E-state index contributed by atoms with van der Waals surface area (Å²) in [5.41, 5.74) is 0.704. The monoisotopic (exact) mass is 359 g/mol. The molecule has 0 spiro atoms. The number of hydrogen-bond acceptors (Lipinski definition) is 6. The van der Waals surface area contributed by atoms with Crippen molar-refractivity contribution in [2.24, 2.45) is 0 Å². The molecule has 1 aromatic carbocycles. The molecule has 0 atom stereocenters. The van der Waals surface area contributed by atoms with Gasteiger partial charge in [-0.25, -0.2) is 4.79 Å².